The molecule has 72 valence electrons. The largest absolute Gasteiger partial charge is 0.345 e. The minimum atomic E-state index is 0.614. The van der Waals surface area contributed by atoms with Gasteiger partial charge in [0.2, 0.25) is 0 Å². The Kier molecular flexibility index (Phi) is 2.12. The molecule has 0 fully saturated rings. The molecule has 0 aliphatic heterocycles. The average molecular weight is 186 g/mol. The van der Waals surface area contributed by atoms with Gasteiger partial charge in [0, 0.05) is 17.6 Å². The van der Waals surface area contributed by atoms with Crippen molar-refractivity contribution in [2.24, 2.45) is 0 Å². The molecule has 0 unspecified atom stereocenters. The summed E-state index contributed by atoms with van der Waals surface area (Å²) in [6.45, 7) is 5.13. The van der Waals surface area contributed by atoms with Gasteiger partial charge in [0.05, 0.1) is 10.9 Å². The van der Waals surface area contributed by atoms with Crippen LogP contribution in [0.2, 0.25) is 0 Å². The summed E-state index contributed by atoms with van der Waals surface area (Å²) >= 11 is 0. The van der Waals surface area contributed by atoms with Gasteiger partial charge in [-0.15, -0.1) is 0 Å². The van der Waals surface area contributed by atoms with Crippen LogP contribution in [-0.2, 0) is 6.54 Å². The van der Waals surface area contributed by atoms with Gasteiger partial charge in [-0.2, -0.15) is 0 Å². The van der Waals surface area contributed by atoms with Gasteiger partial charge < -0.3 is 9.98 Å². The Hall–Kier alpha value is -1.57. The van der Waals surface area contributed by atoms with Crippen LogP contribution in [-0.4, -0.2) is 4.57 Å². The molecule has 2 heteroatoms. The Morgan fingerprint density at radius 1 is 1.29 bits per heavy atom. The number of nitrogens with one attached hydrogen (secondary N) is 1. The molecule has 1 N–H and O–H groups in total. The first-order chi connectivity index (χ1) is 6.74. The first kappa shape index (κ1) is 9.00. The van der Waals surface area contributed by atoms with Crippen LogP contribution in [0, 0.1) is 12.3 Å². The van der Waals surface area contributed by atoms with Gasteiger partial charge in [-0.3, -0.25) is 0 Å². The number of aromatic nitrogens is 1. The molecule has 2 aromatic rings. The molecule has 0 saturated heterocycles. The Balaban J connectivity index is 2.98. The van der Waals surface area contributed by atoms with Crippen molar-refractivity contribution in [3.05, 3.63) is 41.4 Å². The number of hydrogen-bond acceptors (Lipinski definition) is 1. The molecule has 0 spiro atoms. The molecule has 0 radical (unpaired) electrons. The standard InChI is InChI=1S/C12H14N2/c1-3-14-9(2)8-11(13)10-6-4-5-7-12(10)14/h4-8,13H,3H2,1-2H3. The normalized spacial score (nSPS) is 10.7. The Morgan fingerprint density at radius 3 is 2.71 bits per heavy atom. The molecule has 0 saturated carbocycles. The lowest BCUT2D eigenvalue weighted by Crippen LogP contribution is -2.10. The van der Waals surface area contributed by atoms with Crippen LogP contribution in [0.1, 0.15) is 12.6 Å². The van der Waals surface area contributed by atoms with Crippen LogP contribution in [0.3, 0.4) is 0 Å². The maximum Gasteiger partial charge on any atom is 0.0650 e. The quantitative estimate of drug-likeness (QED) is 0.708. The summed E-state index contributed by atoms with van der Waals surface area (Å²) in [5, 5.41) is 9.50. The fourth-order valence-electron chi connectivity index (χ4n) is 1.91. The predicted octanol–water partition coefficient (Wildman–Crippen LogP) is 2.45. The number of hydrogen-bond donors (Lipinski definition) is 1. The molecule has 0 atom stereocenters. The lowest BCUT2D eigenvalue weighted by molar-refractivity contribution is 0.757. The SMILES string of the molecule is CCn1c(C)cc(=N)c2ccccc21. The third kappa shape index (κ3) is 1.23. The number of pyridine rings is 1. The highest BCUT2D eigenvalue weighted by molar-refractivity contribution is 5.78. The van der Waals surface area contributed by atoms with E-state index in [0.717, 1.165) is 23.1 Å². The third-order valence-corrected chi connectivity index (χ3v) is 2.58. The highest BCUT2D eigenvalue weighted by Gasteiger charge is 2.01. The summed E-state index contributed by atoms with van der Waals surface area (Å²) in [4.78, 5) is 0. The number of benzene rings is 1. The molecule has 0 bridgehead atoms. The molecular weight excluding hydrogens is 172 g/mol. The second-order valence-electron chi connectivity index (χ2n) is 3.46. The zero-order chi connectivity index (χ0) is 10.1. The highest BCUT2D eigenvalue weighted by Crippen LogP contribution is 2.11. The zero-order valence-corrected chi connectivity index (χ0v) is 8.54. The van der Waals surface area contributed by atoms with Crippen molar-refractivity contribution in [3.8, 4) is 0 Å². The predicted molar refractivity (Wildman–Crippen MR) is 58.2 cm³/mol. The average Bonchev–Trinajstić information content (AvgIpc) is 2.18. The van der Waals surface area contributed by atoms with Crippen molar-refractivity contribution < 1.29 is 0 Å². The maximum absolute atomic E-state index is 7.86. The molecule has 0 aliphatic rings. The van der Waals surface area contributed by atoms with Gasteiger partial charge in [0.1, 0.15) is 0 Å². The van der Waals surface area contributed by atoms with Crippen molar-refractivity contribution in [2.45, 2.75) is 20.4 Å². The summed E-state index contributed by atoms with van der Waals surface area (Å²) in [7, 11) is 0. The first-order valence-electron chi connectivity index (χ1n) is 4.88. The first-order valence-corrected chi connectivity index (χ1v) is 4.88. The Morgan fingerprint density at radius 2 is 2.00 bits per heavy atom. The Labute approximate surface area is 83.3 Å². The fraction of sp³-hybridized carbons (Fsp3) is 0.250. The van der Waals surface area contributed by atoms with E-state index in [0.29, 0.717) is 5.36 Å². The van der Waals surface area contributed by atoms with Crippen molar-refractivity contribution >= 4 is 10.9 Å². The van der Waals surface area contributed by atoms with Gasteiger partial charge in [0.15, 0.2) is 0 Å². The second-order valence-corrected chi connectivity index (χ2v) is 3.46. The van der Waals surface area contributed by atoms with Crippen LogP contribution >= 0.6 is 0 Å². The maximum atomic E-state index is 7.86. The van der Waals surface area contributed by atoms with Crippen LogP contribution < -0.4 is 5.36 Å². The van der Waals surface area contributed by atoms with E-state index in [4.69, 9.17) is 5.41 Å². The molecule has 1 aromatic carbocycles. The summed E-state index contributed by atoms with van der Waals surface area (Å²) in [5.74, 6) is 0. The number of fused-ring (bicyclic) bond motifs is 1. The van der Waals surface area contributed by atoms with E-state index in [1.165, 1.54) is 0 Å². The van der Waals surface area contributed by atoms with Gasteiger partial charge >= 0.3 is 0 Å². The van der Waals surface area contributed by atoms with E-state index in [1.54, 1.807) is 0 Å². The number of aryl methyl sites for hydroxylation is 2. The summed E-state index contributed by atoms with van der Waals surface area (Å²) < 4.78 is 2.23. The zero-order valence-electron chi connectivity index (χ0n) is 8.54. The molecule has 1 aromatic heterocycles. The minimum absolute atomic E-state index is 0.614. The monoisotopic (exact) mass is 186 g/mol. The lowest BCUT2D eigenvalue weighted by atomic mass is 10.2. The third-order valence-electron chi connectivity index (χ3n) is 2.58. The van der Waals surface area contributed by atoms with Crippen molar-refractivity contribution in [1.29, 1.82) is 5.41 Å². The van der Waals surface area contributed by atoms with Crippen LogP contribution in [0.25, 0.3) is 10.9 Å². The van der Waals surface area contributed by atoms with Crippen LogP contribution in [0.5, 0.6) is 0 Å². The van der Waals surface area contributed by atoms with E-state index < -0.39 is 0 Å². The van der Waals surface area contributed by atoms with E-state index in [-0.39, 0.29) is 0 Å². The summed E-state index contributed by atoms with van der Waals surface area (Å²) in [5.41, 5.74) is 2.30. The number of rotatable bonds is 1. The fourth-order valence-corrected chi connectivity index (χ4v) is 1.91. The second kappa shape index (κ2) is 3.29. The molecule has 1 heterocycles. The number of nitrogens with zero attached hydrogens (tertiary/aromatic N) is 1. The van der Waals surface area contributed by atoms with Gasteiger partial charge in [-0.25, -0.2) is 0 Å². The molecule has 0 aliphatic carbocycles. The van der Waals surface area contributed by atoms with E-state index in [9.17, 15) is 0 Å². The molecule has 2 rings (SSSR count). The van der Waals surface area contributed by atoms with Gasteiger partial charge in [0.25, 0.3) is 0 Å². The molecular formula is C12H14N2. The van der Waals surface area contributed by atoms with Crippen molar-refractivity contribution in [1.82, 2.24) is 4.57 Å². The smallest absolute Gasteiger partial charge is 0.0650 e. The van der Waals surface area contributed by atoms with E-state index in [2.05, 4.69) is 17.6 Å². The van der Waals surface area contributed by atoms with E-state index in [1.807, 2.05) is 31.2 Å². The Bertz CT molecular complexity index is 523. The molecule has 0 amide bonds. The van der Waals surface area contributed by atoms with Crippen molar-refractivity contribution in [2.75, 3.05) is 0 Å². The summed E-state index contributed by atoms with van der Waals surface area (Å²) in [6, 6.07) is 10.0. The van der Waals surface area contributed by atoms with Crippen molar-refractivity contribution in [3.63, 3.8) is 0 Å². The van der Waals surface area contributed by atoms with Crippen LogP contribution in [0.4, 0.5) is 0 Å². The van der Waals surface area contributed by atoms with Gasteiger partial charge in [-0.1, -0.05) is 18.2 Å². The van der Waals surface area contributed by atoms with E-state index >= 15 is 0 Å². The minimum Gasteiger partial charge on any atom is -0.345 e. The molecule has 14 heavy (non-hydrogen) atoms. The van der Waals surface area contributed by atoms with Gasteiger partial charge in [-0.05, 0) is 26.0 Å². The molecule has 2 nitrogen and oxygen atoms in total. The van der Waals surface area contributed by atoms with Crippen LogP contribution in [0.15, 0.2) is 30.3 Å². The topological polar surface area (TPSA) is 28.8 Å². The lowest BCUT2D eigenvalue weighted by Gasteiger charge is -2.12. The summed E-state index contributed by atoms with van der Waals surface area (Å²) in [6.07, 6.45) is 0. The number of para-hydroxylation sites is 1. The highest BCUT2D eigenvalue weighted by atomic mass is 15.0.